The van der Waals surface area contributed by atoms with Gasteiger partial charge < -0.3 is 9.84 Å². The fourth-order valence-corrected chi connectivity index (χ4v) is 2.47. The summed E-state index contributed by atoms with van der Waals surface area (Å²) >= 11 is 0. The highest BCUT2D eigenvalue weighted by Gasteiger charge is 2.34. The Labute approximate surface area is 114 Å². The third kappa shape index (κ3) is 2.79. The Balaban J connectivity index is 2.36. The van der Waals surface area contributed by atoms with Crippen molar-refractivity contribution in [1.82, 2.24) is 15.0 Å². The van der Waals surface area contributed by atoms with Crippen molar-refractivity contribution in [2.24, 2.45) is 0 Å². The summed E-state index contributed by atoms with van der Waals surface area (Å²) in [6, 6.07) is -0.566. The molecule has 0 bridgehead atoms. The molecular formula is C12H17F2N3O3. The SMILES string of the molecule is CCOC(=O)c1nnn(C2CCCCC2O)c1C(F)F. The Hall–Kier alpha value is -1.57. The van der Waals surface area contributed by atoms with Crippen molar-refractivity contribution in [2.45, 2.75) is 51.2 Å². The van der Waals surface area contributed by atoms with Gasteiger partial charge in [0.05, 0.1) is 18.8 Å². The second-order valence-corrected chi connectivity index (χ2v) is 4.71. The molecule has 1 saturated carbocycles. The summed E-state index contributed by atoms with van der Waals surface area (Å²) in [5.41, 5.74) is -1.05. The van der Waals surface area contributed by atoms with Gasteiger partial charge in [-0.05, 0) is 19.8 Å². The molecule has 2 atom stereocenters. The molecule has 1 N–H and O–H groups in total. The first-order valence-electron chi connectivity index (χ1n) is 6.64. The number of alkyl halides is 2. The predicted molar refractivity (Wildman–Crippen MR) is 64.4 cm³/mol. The monoisotopic (exact) mass is 289 g/mol. The van der Waals surface area contributed by atoms with Crippen LogP contribution in [0.2, 0.25) is 0 Å². The van der Waals surface area contributed by atoms with Crippen LogP contribution >= 0.6 is 0 Å². The van der Waals surface area contributed by atoms with E-state index in [9.17, 15) is 18.7 Å². The van der Waals surface area contributed by atoms with Crippen LogP contribution in [0.5, 0.6) is 0 Å². The lowest BCUT2D eigenvalue weighted by Crippen LogP contribution is -2.30. The average Bonchev–Trinajstić information content (AvgIpc) is 2.84. The first kappa shape index (κ1) is 14.8. The van der Waals surface area contributed by atoms with Crippen LogP contribution in [0.25, 0.3) is 0 Å². The van der Waals surface area contributed by atoms with Gasteiger partial charge in [0.15, 0.2) is 5.69 Å². The minimum absolute atomic E-state index is 0.0699. The average molecular weight is 289 g/mol. The molecule has 6 nitrogen and oxygen atoms in total. The number of nitrogens with zero attached hydrogens (tertiary/aromatic N) is 3. The van der Waals surface area contributed by atoms with Crippen LogP contribution in [0, 0.1) is 0 Å². The number of hydrogen-bond acceptors (Lipinski definition) is 5. The smallest absolute Gasteiger partial charge is 0.361 e. The first-order chi connectivity index (χ1) is 9.56. The number of aliphatic hydroxyl groups excluding tert-OH is 1. The normalized spacial score (nSPS) is 23.1. The Bertz CT molecular complexity index is 479. The van der Waals surface area contributed by atoms with Crippen LogP contribution in [0.15, 0.2) is 0 Å². The molecule has 2 unspecified atom stereocenters. The number of ether oxygens (including phenoxy) is 1. The number of aliphatic hydroxyl groups is 1. The van der Waals surface area contributed by atoms with Crippen LogP contribution < -0.4 is 0 Å². The Morgan fingerprint density at radius 2 is 2.20 bits per heavy atom. The fourth-order valence-electron chi connectivity index (χ4n) is 2.47. The number of halogens is 2. The van der Waals surface area contributed by atoms with E-state index in [1.165, 1.54) is 0 Å². The number of hydrogen-bond donors (Lipinski definition) is 1. The van der Waals surface area contributed by atoms with Gasteiger partial charge in [-0.3, -0.25) is 0 Å². The fraction of sp³-hybridized carbons (Fsp3) is 0.750. The highest BCUT2D eigenvalue weighted by Crippen LogP contribution is 2.32. The highest BCUT2D eigenvalue weighted by atomic mass is 19.3. The quantitative estimate of drug-likeness (QED) is 0.856. The molecule has 1 aromatic heterocycles. The molecule has 2 rings (SSSR count). The Kier molecular flexibility index (Phi) is 4.64. The lowest BCUT2D eigenvalue weighted by molar-refractivity contribution is 0.0484. The van der Waals surface area contributed by atoms with Crippen LogP contribution in [-0.2, 0) is 4.74 Å². The van der Waals surface area contributed by atoms with E-state index >= 15 is 0 Å². The second kappa shape index (κ2) is 6.25. The molecule has 1 aliphatic carbocycles. The maximum absolute atomic E-state index is 13.2. The third-order valence-electron chi connectivity index (χ3n) is 3.41. The number of rotatable bonds is 4. The standard InChI is InChI=1S/C12H17F2N3O3/c1-2-20-12(19)9-10(11(13)14)17(16-15-9)7-5-3-4-6-8(7)18/h7-8,11,18H,2-6H2,1H3. The van der Waals surface area contributed by atoms with E-state index < -0.39 is 35.9 Å². The van der Waals surface area contributed by atoms with Crippen molar-refractivity contribution in [3.05, 3.63) is 11.4 Å². The van der Waals surface area contributed by atoms with Gasteiger partial charge in [-0.1, -0.05) is 18.1 Å². The van der Waals surface area contributed by atoms with E-state index in [1.807, 2.05) is 0 Å². The minimum Gasteiger partial charge on any atom is -0.461 e. The Morgan fingerprint density at radius 3 is 2.80 bits per heavy atom. The largest absolute Gasteiger partial charge is 0.461 e. The van der Waals surface area contributed by atoms with Gasteiger partial charge in [0.2, 0.25) is 0 Å². The molecule has 8 heteroatoms. The summed E-state index contributed by atoms with van der Waals surface area (Å²) < 4.78 is 32.1. The van der Waals surface area contributed by atoms with E-state index in [0.717, 1.165) is 17.5 Å². The van der Waals surface area contributed by atoms with Crippen molar-refractivity contribution in [2.75, 3.05) is 6.61 Å². The Morgan fingerprint density at radius 1 is 1.50 bits per heavy atom. The first-order valence-corrected chi connectivity index (χ1v) is 6.64. The zero-order valence-corrected chi connectivity index (χ0v) is 11.1. The molecule has 0 radical (unpaired) electrons. The van der Waals surface area contributed by atoms with Crippen molar-refractivity contribution < 1.29 is 23.4 Å². The van der Waals surface area contributed by atoms with Crippen molar-refractivity contribution in [3.8, 4) is 0 Å². The van der Waals surface area contributed by atoms with Gasteiger partial charge in [-0.15, -0.1) is 5.10 Å². The molecule has 0 spiro atoms. The molecule has 1 heterocycles. The summed E-state index contributed by atoms with van der Waals surface area (Å²) in [5, 5.41) is 17.1. The summed E-state index contributed by atoms with van der Waals surface area (Å²) in [4.78, 5) is 11.6. The summed E-state index contributed by atoms with van der Waals surface area (Å²) in [6.07, 6.45) is -0.925. The minimum atomic E-state index is -2.90. The maximum atomic E-state index is 13.2. The third-order valence-corrected chi connectivity index (χ3v) is 3.41. The van der Waals surface area contributed by atoms with Gasteiger partial charge in [0, 0.05) is 0 Å². The highest BCUT2D eigenvalue weighted by molar-refractivity contribution is 5.88. The number of aromatic nitrogens is 3. The molecule has 1 aromatic rings. The van der Waals surface area contributed by atoms with E-state index in [1.54, 1.807) is 6.92 Å². The number of esters is 1. The van der Waals surface area contributed by atoms with E-state index in [4.69, 9.17) is 4.74 Å². The van der Waals surface area contributed by atoms with Gasteiger partial charge in [0.1, 0.15) is 5.69 Å². The van der Waals surface area contributed by atoms with Crippen LogP contribution in [0.3, 0.4) is 0 Å². The maximum Gasteiger partial charge on any atom is 0.361 e. The molecule has 1 aliphatic rings. The molecular weight excluding hydrogens is 272 g/mol. The lowest BCUT2D eigenvalue weighted by Gasteiger charge is -2.28. The van der Waals surface area contributed by atoms with Gasteiger partial charge in [-0.2, -0.15) is 0 Å². The summed E-state index contributed by atoms with van der Waals surface area (Å²) in [5.74, 6) is -0.917. The van der Waals surface area contributed by atoms with Crippen LogP contribution in [0.1, 0.15) is 61.3 Å². The molecule has 1 fully saturated rings. The van der Waals surface area contributed by atoms with Crippen molar-refractivity contribution in [3.63, 3.8) is 0 Å². The van der Waals surface area contributed by atoms with Gasteiger partial charge in [-0.25, -0.2) is 18.3 Å². The molecule has 20 heavy (non-hydrogen) atoms. The van der Waals surface area contributed by atoms with Gasteiger partial charge in [0.25, 0.3) is 6.43 Å². The summed E-state index contributed by atoms with van der Waals surface area (Å²) in [6.45, 7) is 1.65. The van der Waals surface area contributed by atoms with E-state index in [2.05, 4.69) is 10.3 Å². The topological polar surface area (TPSA) is 77.2 Å². The van der Waals surface area contributed by atoms with E-state index in [0.29, 0.717) is 12.8 Å². The molecule has 0 amide bonds. The number of carbonyl (C=O) groups excluding carboxylic acids is 1. The van der Waals surface area contributed by atoms with Crippen molar-refractivity contribution >= 4 is 5.97 Å². The van der Waals surface area contributed by atoms with Crippen molar-refractivity contribution in [1.29, 1.82) is 0 Å². The van der Waals surface area contributed by atoms with Crippen LogP contribution in [0.4, 0.5) is 8.78 Å². The zero-order chi connectivity index (χ0) is 14.7. The zero-order valence-electron chi connectivity index (χ0n) is 11.1. The second-order valence-electron chi connectivity index (χ2n) is 4.71. The molecule has 112 valence electrons. The van der Waals surface area contributed by atoms with Crippen LogP contribution in [-0.4, -0.2) is 38.8 Å². The van der Waals surface area contributed by atoms with Gasteiger partial charge >= 0.3 is 5.97 Å². The molecule has 0 saturated heterocycles. The van der Waals surface area contributed by atoms with E-state index in [-0.39, 0.29) is 6.61 Å². The molecule has 0 aromatic carbocycles. The summed E-state index contributed by atoms with van der Waals surface area (Å²) in [7, 11) is 0. The number of carbonyl (C=O) groups is 1. The lowest BCUT2D eigenvalue weighted by atomic mass is 9.92. The predicted octanol–water partition coefficient (Wildman–Crippen LogP) is 1.87. The molecule has 0 aliphatic heterocycles.